The van der Waals surface area contributed by atoms with Crippen LogP contribution in [-0.2, 0) is 6.42 Å². The molecule has 0 saturated heterocycles. The lowest BCUT2D eigenvalue weighted by atomic mass is 9.79. The average molecular weight is 521 g/mol. The van der Waals surface area contributed by atoms with Crippen molar-refractivity contribution in [3.63, 3.8) is 0 Å². The van der Waals surface area contributed by atoms with Gasteiger partial charge in [0.25, 0.3) is 0 Å². The van der Waals surface area contributed by atoms with Crippen LogP contribution >= 0.6 is 24.0 Å². The van der Waals surface area contributed by atoms with Crippen LogP contribution in [-0.4, -0.2) is 51.5 Å². The highest BCUT2D eigenvalue weighted by Crippen LogP contribution is 2.30. The molecule has 0 aliphatic heterocycles. The maximum Gasteiger partial charge on any atom is 0.191 e. The van der Waals surface area contributed by atoms with Crippen LogP contribution in [0.4, 0.5) is 0 Å². The van der Waals surface area contributed by atoms with Crippen molar-refractivity contribution in [1.82, 2.24) is 10.6 Å². The van der Waals surface area contributed by atoms with Crippen molar-refractivity contribution in [2.24, 2.45) is 10.4 Å². The van der Waals surface area contributed by atoms with Crippen molar-refractivity contribution >= 4 is 29.9 Å². The summed E-state index contributed by atoms with van der Waals surface area (Å²) in [5, 5.41) is 16.1. The number of nitrogens with one attached hydrogen (secondary N) is 2. The summed E-state index contributed by atoms with van der Waals surface area (Å²) in [5.41, 5.74) is 1.30. The van der Waals surface area contributed by atoms with Crippen LogP contribution < -0.4 is 20.1 Å². The van der Waals surface area contributed by atoms with E-state index in [4.69, 9.17) is 14.5 Å². The first-order chi connectivity index (χ1) is 13.6. The first-order valence-electron chi connectivity index (χ1n) is 10.4. The molecule has 1 aromatic rings. The highest BCUT2D eigenvalue weighted by molar-refractivity contribution is 14.0. The Hall–Kier alpha value is -1.22. The van der Waals surface area contributed by atoms with E-state index in [1.54, 1.807) is 14.2 Å². The molecule has 0 aromatic heterocycles. The summed E-state index contributed by atoms with van der Waals surface area (Å²) in [4.78, 5) is 4.79. The summed E-state index contributed by atoms with van der Waals surface area (Å²) in [6, 6.07) is 6.06. The molecule has 168 valence electrons. The fraction of sp³-hybridized carbons (Fsp3) is 0.682. The Morgan fingerprint density at radius 1 is 1.07 bits per heavy atom. The molecule has 0 saturated carbocycles. The Morgan fingerprint density at radius 2 is 1.76 bits per heavy atom. The van der Waals surface area contributed by atoms with E-state index in [1.807, 2.05) is 12.1 Å². The van der Waals surface area contributed by atoms with Crippen LogP contribution in [0.25, 0.3) is 0 Å². The van der Waals surface area contributed by atoms with E-state index in [9.17, 15) is 5.11 Å². The van der Waals surface area contributed by atoms with E-state index in [0.29, 0.717) is 0 Å². The van der Waals surface area contributed by atoms with Crippen LogP contribution in [0.2, 0.25) is 0 Å². The summed E-state index contributed by atoms with van der Waals surface area (Å²) in [6.07, 6.45) is 4.77. The zero-order chi connectivity index (χ0) is 20.8. The molecule has 3 N–H and O–H groups in total. The number of halogens is 1. The van der Waals surface area contributed by atoms with Gasteiger partial charge < -0.3 is 25.2 Å². The van der Waals surface area contributed by atoms with E-state index in [0.717, 1.165) is 69.2 Å². The topological polar surface area (TPSA) is 75.1 Å². The number of aliphatic hydroxyl groups excluding tert-OH is 1. The minimum Gasteiger partial charge on any atom is -0.493 e. The van der Waals surface area contributed by atoms with E-state index in [2.05, 4.69) is 37.5 Å². The van der Waals surface area contributed by atoms with Gasteiger partial charge in [0.2, 0.25) is 0 Å². The van der Waals surface area contributed by atoms with Gasteiger partial charge in [0.1, 0.15) is 0 Å². The SMILES string of the molecule is CCNC(=NCC(CC)(CC)CCO)NCCCc1ccc(OC)c(OC)c1.I. The maximum atomic E-state index is 9.39. The van der Waals surface area contributed by atoms with Gasteiger partial charge in [-0.05, 0) is 62.1 Å². The lowest BCUT2D eigenvalue weighted by Gasteiger charge is -2.29. The van der Waals surface area contributed by atoms with Crippen molar-refractivity contribution in [3.05, 3.63) is 23.8 Å². The lowest BCUT2D eigenvalue weighted by Crippen LogP contribution is -2.39. The smallest absolute Gasteiger partial charge is 0.191 e. The Bertz CT molecular complexity index is 593. The Morgan fingerprint density at radius 3 is 2.31 bits per heavy atom. The predicted octanol–water partition coefficient (Wildman–Crippen LogP) is 4.00. The highest BCUT2D eigenvalue weighted by Gasteiger charge is 2.25. The Balaban J connectivity index is 0.00000784. The van der Waals surface area contributed by atoms with E-state index < -0.39 is 0 Å². The molecule has 1 rings (SSSR count). The second-order valence-electron chi connectivity index (χ2n) is 7.10. The lowest BCUT2D eigenvalue weighted by molar-refractivity contribution is 0.175. The van der Waals surface area contributed by atoms with Gasteiger partial charge in [-0.1, -0.05) is 19.9 Å². The highest BCUT2D eigenvalue weighted by atomic mass is 127. The first kappa shape index (κ1) is 27.8. The molecule has 6 nitrogen and oxygen atoms in total. The summed E-state index contributed by atoms with van der Waals surface area (Å²) in [5.74, 6) is 2.37. The molecule has 0 heterocycles. The van der Waals surface area contributed by atoms with Gasteiger partial charge in [-0.3, -0.25) is 4.99 Å². The average Bonchev–Trinajstić information content (AvgIpc) is 2.73. The summed E-state index contributed by atoms with van der Waals surface area (Å²) >= 11 is 0. The third-order valence-corrected chi connectivity index (χ3v) is 5.44. The van der Waals surface area contributed by atoms with Crippen LogP contribution in [0, 0.1) is 5.41 Å². The third kappa shape index (κ3) is 9.42. The van der Waals surface area contributed by atoms with Gasteiger partial charge in [0, 0.05) is 26.2 Å². The number of nitrogens with zero attached hydrogens (tertiary/aromatic N) is 1. The molecular weight excluding hydrogens is 481 g/mol. The van der Waals surface area contributed by atoms with Gasteiger partial charge in [0.05, 0.1) is 14.2 Å². The third-order valence-electron chi connectivity index (χ3n) is 5.44. The van der Waals surface area contributed by atoms with Crippen LogP contribution in [0.3, 0.4) is 0 Å². The number of guanidine groups is 1. The molecular formula is C22H40IN3O3. The van der Waals surface area contributed by atoms with E-state index in [1.165, 1.54) is 5.56 Å². The Kier molecular flexibility index (Phi) is 14.9. The zero-order valence-electron chi connectivity index (χ0n) is 18.7. The van der Waals surface area contributed by atoms with Crippen molar-refractivity contribution < 1.29 is 14.6 Å². The fourth-order valence-electron chi connectivity index (χ4n) is 3.27. The Labute approximate surface area is 193 Å². The number of aliphatic hydroxyl groups is 1. The molecule has 0 aliphatic carbocycles. The first-order valence-corrected chi connectivity index (χ1v) is 10.4. The summed E-state index contributed by atoms with van der Waals surface area (Å²) < 4.78 is 10.7. The monoisotopic (exact) mass is 521 g/mol. The standard InChI is InChI=1S/C22H39N3O3.HI/c1-6-22(7-2,13-15-26)17-25-21(23-8-3)24-14-9-10-18-11-12-19(27-4)20(16-18)28-5;/h11-12,16,26H,6-10,13-15,17H2,1-5H3,(H2,23,24,25);1H. The fourth-order valence-corrected chi connectivity index (χ4v) is 3.27. The largest absolute Gasteiger partial charge is 0.493 e. The molecule has 0 bridgehead atoms. The molecule has 0 amide bonds. The molecule has 7 heteroatoms. The van der Waals surface area contributed by atoms with Crippen molar-refractivity contribution in [2.75, 3.05) is 40.5 Å². The van der Waals surface area contributed by atoms with Crippen molar-refractivity contribution in [2.45, 2.75) is 52.9 Å². The predicted molar refractivity (Wildman–Crippen MR) is 132 cm³/mol. The number of ether oxygens (including phenoxy) is 2. The summed E-state index contributed by atoms with van der Waals surface area (Å²) in [7, 11) is 3.31. The zero-order valence-corrected chi connectivity index (χ0v) is 21.0. The van der Waals surface area contributed by atoms with Crippen molar-refractivity contribution in [1.29, 1.82) is 0 Å². The molecule has 29 heavy (non-hydrogen) atoms. The molecule has 0 radical (unpaired) electrons. The number of rotatable bonds is 13. The molecule has 1 aromatic carbocycles. The van der Waals surface area contributed by atoms with Gasteiger partial charge in [-0.25, -0.2) is 0 Å². The van der Waals surface area contributed by atoms with E-state index >= 15 is 0 Å². The number of hydrogen-bond acceptors (Lipinski definition) is 4. The number of hydrogen-bond donors (Lipinski definition) is 3. The molecule has 0 unspecified atom stereocenters. The number of aryl methyl sites for hydroxylation is 1. The molecule has 0 fully saturated rings. The molecule has 0 aliphatic rings. The second-order valence-corrected chi connectivity index (χ2v) is 7.10. The maximum absolute atomic E-state index is 9.39. The number of aliphatic imine (C=N–C) groups is 1. The van der Waals surface area contributed by atoms with Crippen LogP contribution in [0.15, 0.2) is 23.2 Å². The second kappa shape index (κ2) is 15.6. The van der Waals surface area contributed by atoms with E-state index in [-0.39, 0.29) is 36.0 Å². The van der Waals surface area contributed by atoms with Gasteiger partial charge in [0.15, 0.2) is 17.5 Å². The van der Waals surface area contributed by atoms with Gasteiger partial charge in [-0.15, -0.1) is 24.0 Å². The quantitative estimate of drug-likeness (QED) is 0.158. The normalized spacial score (nSPS) is 11.6. The number of benzene rings is 1. The van der Waals surface area contributed by atoms with Gasteiger partial charge >= 0.3 is 0 Å². The number of methoxy groups -OCH3 is 2. The molecule has 0 spiro atoms. The van der Waals surface area contributed by atoms with Crippen molar-refractivity contribution in [3.8, 4) is 11.5 Å². The minimum atomic E-state index is 0. The summed E-state index contributed by atoms with van der Waals surface area (Å²) in [6.45, 7) is 9.04. The van der Waals surface area contributed by atoms with Crippen LogP contribution in [0.5, 0.6) is 11.5 Å². The minimum absolute atomic E-state index is 0. The van der Waals surface area contributed by atoms with Gasteiger partial charge in [-0.2, -0.15) is 0 Å². The van der Waals surface area contributed by atoms with Crippen LogP contribution in [0.1, 0.15) is 52.0 Å². The molecule has 0 atom stereocenters.